The van der Waals surface area contributed by atoms with E-state index in [1.165, 1.54) is 0 Å². The van der Waals surface area contributed by atoms with Crippen LogP contribution in [-0.2, 0) is 9.59 Å². The molecule has 2 amide bonds. The predicted molar refractivity (Wildman–Crippen MR) is 85.8 cm³/mol. The summed E-state index contributed by atoms with van der Waals surface area (Å²) >= 11 is 0. The first-order chi connectivity index (χ1) is 9.65. The quantitative estimate of drug-likeness (QED) is 0.911. The third-order valence-electron chi connectivity index (χ3n) is 3.67. The van der Waals surface area contributed by atoms with E-state index in [2.05, 4.69) is 5.32 Å². The van der Waals surface area contributed by atoms with Crippen molar-refractivity contribution in [2.75, 3.05) is 32.1 Å². The molecule has 1 heterocycles. The number of nitrogens with one attached hydrogen (secondary N) is 1. The number of hydrogen-bond donors (Lipinski definition) is 1. The van der Waals surface area contributed by atoms with Crippen LogP contribution in [0.15, 0.2) is 30.3 Å². The van der Waals surface area contributed by atoms with Crippen LogP contribution in [0.1, 0.15) is 12.8 Å². The van der Waals surface area contributed by atoms with Crippen molar-refractivity contribution in [2.24, 2.45) is 0 Å². The maximum absolute atomic E-state index is 12.6. The Morgan fingerprint density at radius 1 is 1.38 bits per heavy atom. The molecule has 0 aliphatic carbocycles. The van der Waals surface area contributed by atoms with E-state index in [9.17, 15) is 9.59 Å². The van der Waals surface area contributed by atoms with Crippen LogP contribution in [0.2, 0.25) is 0 Å². The van der Waals surface area contributed by atoms with Gasteiger partial charge in [-0.1, -0.05) is 18.2 Å². The molecule has 6 heteroatoms. The molecule has 1 aromatic rings. The monoisotopic (exact) mass is 311 g/mol. The van der Waals surface area contributed by atoms with E-state index in [4.69, 9.17) is 0 Å². The van der Waals surface area contributed by atoms with Gasteiger partial charge < -0.3 is 15.1 Å². The summed E-state index contributed by atoms with van der Waals surface area (Å²) < 4.78 is 0. The van der Waals surface area contributed by atoms with E-state index in [-0.39, 0.29) is 36.8 Å². The Bertz CT molecular complexity index is 481. The highest BCUT2D eigenvalue weighted by Gasteiger charge is 2.34. The highest BCUT2D eigenvalue weighted by molar-refractivity contribution is 6.00. The number of nitrogens with zero attached hydrogens (tertiary/aromatic N) is 2. The second kappa shape index (κ2) is 8.00. The number of rotatable bonds is 4. The van der Waals surface area contributed by atoms with Crippen LogP contribution in [-0.4, -0.2) is 49.9 Å². The number of benzene rings is 1. The van der Waals surface area contributed by atoms with Gasteiger partial charge >= 0.3 is 0 Å². The predicted octanol–water partition coefficient (Wildman–Crippen LogP) is 1.28. The average molecular weight is 312 g/mol. The van der Waals surface area contributed by atoms with E-state index in [0.29, 0.717) is 6.54 Å². The zero-order chi connectivity index (χ0) is 14.5. The van der Waals surface area contributed by atoms with Gasteiger partial charge in [0, 0.05) is 19.3 Å². The molecule has 0 saturated carbocycles. The van der Waals surface area contributed by atoms with Gasteiger partial charge in [-0.3, -0.25) is 9.59 Å². The smallest absolute Gasteiger partial charge is 0.249 e. The first-order valence-electron chi connectivity index (χ1n) is 6.92. The lowest BCUT2D eigenvalue weighted by Crippen LogP contribution is -2.54. The first kappa shape index (κ1) is 17.5. The van der Waals surface area contributed by atoms with Gasteiger partial charge in [0.1, 0.15) is 6.04 Å². The van der Waals surface area contributed by atoms with E-state index in [0.717, 1.165) is 18.5 Å². The van der Waals surface area contributed by atoms with Crippen molar-refractivity contribution in [2.45, 2.75) is 18.9 Å². The fourth-order valence-electron chi connectivity index (χ4n) is 2.53. The van der Waals surface area contributed by atoms with E-state index >= 15 is 0 Å². The normalized spacial score (nSPS) is 18.1. The molecule has 5 nitrogen and oxygen atoms in total. The lowest BCUT2D eigenvalue weighted by Gasteiger charge is -2.36. The molecule has 1 aliphatic rings. The zero-order valence-electron chi connectivity index (χ0n) is 12.4. The Morgan fingerprint density at radius 2 is 2.05 bits per heavy atom. The number of halogens is 1. The molecule has 116 valence electrons. The van der Waals surface area contributed by atoms with Gasteiger partial charge in [-0.25, -0.2) is 0 Å². The minimum Gasteiger partial charge on any atom is -0.333 e. The van der Waals surface area contributed by atoms with Crippen molar-refractivity contribution in [1.29, 1.82) is 0 Å². The van der Waals surface area contributed by atoms with Gasteiger partial charge in [0.25, 0.3) is 0 Å². The molecule has 1 aromatic carbocycles. The molecular weight excluding hydrogens is 290 g/mol. The number of piperidine rings is 1. The topological polar surface area (TPSA) is 52.7 Å². The zero-order valence-corrected chi connectivity index (χ0v) is 13.2. The maximum atomic E-state index is 12.6. The number of amides is 2. The molecule has 1 saturated heterocycles. The molecule has 1 fully saturated rings. The summed E-state index contributed by atoms with van der Waals surface area (Å²) in [5, 5.41) is 2.83. The second-order valence-electron chi connectivity index (χ2n) is 5.02. The van der Waals surface area contributed by atoms with Crippen LogP contribution in [0.4, 0.5) is 5.69 Å². The van der Waals surface area contributed by atoms with Gasteiger partial charge in [-0.2, -0.15) is 0 Å². The van der Waals surface area contributed by atoms with Crippen LogP contribution < -0.4 is 10.2 Å². The molecule has 0 bridgehead atoms. The Morgan fingerprint density at radius 3 is 2.67 bits per heavy atom. The largest absolute Gasteiger partial charge is 0.333 e. The van der Waals surface area contributed by atoms with Crippen LogP contribution in [0.5, 0.6) is 0 Å². The molecule has 0 radical (unpaired) electrons. The molecule has 21 heavy (non-hydrogen) atoms. The number of hydrogen-bond acceptors (Lipinski definition) is 3. The number of para-hydroxylation sites is 1. The third-order valence-corrected chi connectivity index (χ3v) is 3.67. The summed E-state index contributed by atoms with van der Waals surface area (Å²) in [5.74, 6) is -0.0461. The minimum absolute atomic E-state index is 0. The van der Waals surface area contributed by atoms with Crippen molar-refractivity contribution < 1.29 is 9.59 Å². The number of anilines is 1. The Hall–Kier alpha value is -1.59. The van der Waals surface area contributed by atoms with Crippen LogP contribution in [0.25, 0.3) is 0 Å². The standard InChI is InChI=1S/C15H21N3O2.ClH/c1-16-11-14(19)17(2)13-9-6-10-18(15(13)20)12-7-4-3-5-8-12;/h3-5,7-8,13,16H,6,9-11H2,1-2H3;1H. The van der Waals surface area contributed by atoms with Crippen LogP contribution in [0, 0.1) is 0 Å². The fraction of sp³-hybridized carbons (Fsp3) is 0.467. The van der Waals surface area contributed by atoms with Crippen LogP contribution in [0.3, 0.4) is 0 Å². The van der Waals surface area contributed by atoms with E-state index in [1.54, 1.807) is 23.9 Å². The summed E-state index contributed by atoms with van der Waals surface area (Å²) in [6, 6.07) is 9.26. The summed E-state index contributed by atoms with van der Waals surface area (Å²) in [7, 11) is 3.43. The Labute approximate surface area is 131 Å². The average Bonchev–Trinajstić information content (AvgIpc) is 2.48. The molecular formula is C15H22ClN3O2. The van der Waals surface area contributed by atoms with Gasteiger partial charge in [-0.15, -0.1) is 12.4 Å². The lowest BCUT2D eigenvalue weighted by molar-refractivity contribution is -0.138. The third kappa shape index (κ3) is 3.95. The van der Waals surface area contributed by atoms with Gasteiger partial charge in [0.2, 0.25) is 11.8 Å². The Kier molecular flexibility index (Phi) is 6.65. The highest BCUT2D eigenvalue weighted by Crippen LogP contribution is 2.23. The molecule has 1 unspecified atom stereocenters. The molecule has 0 spiro atoms. The maximum Gasteiger partial charge on any atom is 0.249 e. The first-order valence-corrected chi connectivity index (χ1v) is 6.92. The second-order valence-corrected chi connectivity index (χ2v) is 5.02. The molecule has 1 atom stereocenters. The minimum atomic E-state index is -0.357. The van der Waals surface area contributed by atoms with Gasteiger partial charge in [0.05, 0.1) is 6.54 Å². The summed E-state index contributed by atoms with van der Waals surface area (Å²) in [5.41, 5.74) is 0.900. The van der Waals surface area contributed by atoms with Gasteiger partial charge in [0.15, 0.2) is 0 Å². The van der Waals surface area contributed by atoms with Crippen LogP contribution >= 0.6 is 12.4 Å². The lowest BCUT2D eigenvalue weighted by atomic mass is 10.0. The molecule has 2 rings (SSSR count). The van der Waals surface area contributed by atoms with Crippen molar-refractivity contribution in [3.05, 3.63) is 30.3 Å². The highest BCUT2D eigenvalue weighted by atomic mass is 35.5. The molecule has 1 aliphatic heterocycles. The summed E-state index contributed by atoms with van der Waals surface area (Å²) in [6.45, 7) is 0.971. The van der Waals surface area contributed by atoms with E-state index in [1.807, 2.05) is 30.3 Å². The number of likely N-dealkylation sites (N-methyl/N-ethyl adjacent to an activating group) is 2. The van der Waals surface area contributed by atoms with E-state index < -0.39 is 0 Å². The summed E-state index contributed by atoms with van der Waals surface area (Å²) in [4.78, 5) is 27.9. The molecule has 0 aromatic heterocycles. The Balaban J connectivity index is 0.00000220. The summed E-state index contributed by atoms with van der Waals surface area (Å²) in [6.07, 6.45) is 1.64. The molecule has 1 N–H and O–H groups in total. The number of carbonyl (C=O) groups excluding carboxylic acids is 2. The SMILES string of the molecule is CNCC(=O)N(C)C1CCCN(c2ccccc2)C1=O.Cl. The van der Waals surface area contributed by atoms with Crippen molar-refractivity contribution in [3.8, 4) is 0 Å². The van der Waals surface area contributed by atoms with Crippen molar-refractivity contribution in [1.82, 2.24) is 10.2 Å². The fourth-order valence-corrected chi connectivity index (χ4v) is 2.53. The van der Waals surface area contributed by atoms with Crippen molar-refractivity contribution >= 4 is 29.9 Å². The van der Waals surface area contributed by atoms with Crippen molar-refractivity contribution in [3.63, 3.8) is 0 Å². The van der Waals surface area contributed by atoms with Gasteiger partial charge in [-0.05, 0) is 32.0 Å². The number of carbonyl (C=O) groups is 2.